The molecule has 1 aromatic heterocycles. The Morgan fingerprint density at radius 1 is 1.33 bits per heavy atom. The van der Waals surface area contributed by atoms with E-state index in [1.54, 1.807) is 12.1 Å². The zero-order valence-electron chi connectivity index (χ0n) is 12.2. The normalized spacial score (nSPS) is 23.4. The quantitative estimate of drug-likeness (QED) is 0.882. The molecule has 0 spiro atoms. The van der Waals surface area contributed by atoms with Crippen LogP contribution in [-0.2, 0) is 4.74 Å². The van der Waals surface area contributed by atoms with Gasteiger partial charge >= 0.3 is 0 Å². The predicted octanol–water partition coefficient (Wildman–Crippen LogP) is 0.601. The number of amides is 1. The lowest BCUT2D eigenvalue weighted by Gasteiger charge is -2.35. The number of anilines is 1. The summed E-state index contributed by atoms with van der Waals surface area (Å²) in [5, 5.41) is 0. The minimum absolute atomic E-state index is 0.00762. The number of pyridine rings is 1. The highest BCUT2D eigenvalue weighted by molar-refractivity contribution is 5.92. The number of hydrogen-bond acceptors (Lipinski definition) is 5. The van der Waals surface area contributed by atoms with Crippen molar-refractivity contribution in [3.05, 3.63) is 24.0 Å². The number of ether oxygens (including phenoxy) is 1. The van der Waals surface area contributed by atoms with E-state index in [4.69, 9.17) is 10.5 Å². The number of carbonyl (C=O) groups is 1. The molecule has 114 valence electrons. The molecule has 2 N–H and O–H groups in total. The van der Waals surface area contributed by atoms with E-state index in [0.717, 1.165) is 45.8 Å². The number of rotatable bonds is 3. The fourth-order valence-electron chi connectivity index (χ4n) is 2.90. The molecule has 6 nitrogen and oxygen atoms in total. The molecule has 0 bridgehead atoms. The van der Waals surface area contributed by atoms with Crippen LogP contribution in [-0.4, -0.2) is 66.1 Å². The third-order valence-electron chi connectivity index (χ3n) is 4.15. The van der Waals surface area contributed by atoms with Crippen LogP contribution in [0.3, 0.4) is 0 Å². The summed E-state index contributed by atoms with van der Waals surface area (Å²) in [5.74, 6) is -0.00762. The number of piperazine rings is 1. The number of hydrogen-bond donors (Lipinski definition) is 1. The van der Waals surface area contributed by atoms with Crippen LogP contribution in [0.15, 0.2) is 18.3 Å². The van der Waals surface area contributed by atoms with Gasteiger partial charge in [-0.3, -0.25) is 9.69 Å². The van der Waals surface area contributed by atoms with Gasteiger partial charge in [-0.15, -0.1) is 0 Å². The second-order valence-corrected chi connectivity index (χ2v) is 5.70. The lowest BCUT2D eigenvalue weighted by molar-refractivity contribution is 0.0430. The van der Waals surface area contributed by atoms with E-state index in [0.29, 0.717) is 17.5 Å². The summed E-state index contributed by atoms with van der Waals surface area (Å²) >= 11 is 0. The number of nitrogen functional groups attached to an aromatic ring is 1. The highest BCUT2D eigenvalue weighted by atomic mass is 16.5. The summed E-state index contributed by atoms with van der Waals surface area (Å²) in [4.78, 5) is 20.7. The van der Waals surface area contributed by atoms with Crippen molar-refractivity contribution < 1.29 is 9.53 Å². The van der Waals surface area contributed by atoms with Crippen molar-refractivity contribution in [2.45, 2.75) is 18.9 Å². The van der Waals surface area contributed by atoms with Crippen molar-refractivity contribution in [3.63, 3.8) is 0 Å². The summed E-state index contributed by atoms with van der Waals surface area (Å²) in [7, 11) is 0. The summed E-state index contributed by atoms with van der Waals surface area (Å²) in [6.45, 7) is 5.18. The molecule has 2 aliphatic rings. The van der Waals surface area contributed by atoms with Gasteiger partial charge in [0.25, 0.3) is 5.91 Å². The minimum Gasteiger partial charge on any atom is -0.397 e. The Hall–Kier alpha value is -1.66. The van der Waals surface area contributed by atoms with Crippen molar-refractivity contribution in [2.24, 2.45) is 0 Å². The molecule has 3 heterocycles. The third kappa shape index (κ3) is 3.51. The van der Waals surface area contributed by atoms with Crippen LogP contribution in [0.2, 0.25) is 0 Å². The van der Waals surface area contributed by atoms with Crippen LogP contribution in [0.1, 0.15) is 23.3 Å². The molecule has 0 saturated carbocycles. The van der Waals surface area contributed by atoms with Crippen LogP contribution in [0, 0.1) is 0 Å². The standard InChI is InChI=1S/C15H22N4O2/c16-12-3-4-14(17-10-12)15(20)19-7-5-18(6-8-19)11-13-2-1-9-21-13/h3-4,10,13H,1-2,5-9,11,16H2. The molecule has 3 rings (SSSR count). The zero-order valence-corrected chi connectivity index (χ0v) is 12.2. The monoisotopic (exact) mass is 290 g/mol. The molecule has 1 aromatic rings. The second-order valence-electron chi connectivity index (χ2n) is 5.70. The molecule has 0 radical (unpaired) electrons. The summed E-state index contributed by atoms with van der Waals surface area (Å²) in [6, 6.07) is 3.41. The molecule has 1 amide bonds. The topological polar surface area (TPSA) is 71.7 Å². The maximum absolute atomic E-state index is 12.3. The Bertz CT molecular complexity index is 477. The highest BCUT2D eigenvalue weighted by Gasteiger charge is 2.25. The van der Waals surface area contributed by atoms with Crippen molar-refractivity contribution in [2.75, 3.05) is 45.1 Å². The molecule has 1 unspecified atom stereocenters. The van der Waals surface area contributed by atoms with Gasteiger partial charge in [0.1, 0.15) is 5.69 Å². The third-order valence-corrected chi connectivity index (χ3v) is 4.15. The number of carbonyl (C=O) groups excluding carboxylic acids is 1. The Morgan fingerprint density at radius 2 is 2.14 bits per heavy atom. The van der Waals surface area contributed by atoms with E-state index in [2.05, 4.69) is 9.88 Å². The van der Waals surface area contributed by atoms with Gasteiger partial charge < -0.3 is 15.4 Å². The largest absolute Gasteiger partial charge is 0.397 e. The molecule has 0 aliphatic carbocycles. The molecular weight excluding hydrogens is 268 g/mol. The van der Waals surface area contributed by atoms with Gasteiger partial charge in [0.15, 0.2) is 0 Å². The maximum Gasteiger partial charge on any atom is 0.272 e. The van der Waals surface area contributed by atoms with Crippen molar-refractivity contribution in [3.8, 4) is 0 Å². The fourth-order valence-corrected chi connectivity index (χ4v) is 2.90. The van der Waals surface area contributed by atoms with Crippen LogP contribution in [0.4, 0.5) is 5.69 Å². The molecule has 2 aliphatic heterocycles. The van der Waals surface area contributed by atoms with E-state index < -0.39 is 0 Å². The van der Waals surface area contributed by atoms with E-state index in [-0.39, 0.29) is 5.91 Å². The molecule has 2 saturated heterocycles. The Balaban J connectivity index is 1.50. The van der Waals surface area contributed by atoms with Crippen LogP contribution in [0.25, 0.3) is 0 Å². The molecule has 0 aromatic carbocycles. The first-order chi connectivity index (χ1) is 10.2. The van der Waals surface area contributed by atoms with Gasteiger partial charge in [-0.1, -0.05) is 0 Å². The first-order valence-electron chi connectivity index (χ1n) is 7.57. The van der Waals surface area contributed by atoms with Crippen molar-refractivity contribution in [1.29, 1.82) is 0 Å². The lowest BCUT2D eigenvalue weighted by Crippen LogP contribution is -2.50. The van der Waals surface area contributed by atoms with Gasteiger partial charge in [-0.25, -0.2) is 4.98 Å². The molecule has 2 fully saturated rings. The second kappa shape index (κ2) is 6.41. The fraction of sp³-hybridized carbons (Fsp3) is 0.600. The Kier molecular flexibility index (Phi) is 4.36. The average Bonchev–Trinajstić information content (AvgIpc) is 3.01. The maximum atomic E-state index is 12.3. The predicted molar refractivity (Wildman–Crippen MR) is 80.0 cm³/mol. The van der Waals surface area contributed by atoms with Crippen LogP contribution in [0.5, 0.6) is 0 Å². The van der Waals surface area contributed by atoms with Gasteiger partial charge in [0.2, 0.25) is 0 Å². The average molecular weight is 290 g/mol. The molecule has 21 heavy (non-hydrogen) atoms. The van der Waals surface area contributed by atoms with Gasteiger partial charge in [0, 0.05) is 39.3 Å². The smallest absolute Gasteiger partial charge is 0.272 e. The van der Waals surface area contributed by atoms with Crippen molar-refractivity contribution >= 4 is 11.6 Å². The first kappa shape index (κ1) is 14.3. The number of nitrogens with two attached hydrogens (primary N) is 1. The summed E-state index contributed by atoms with van der Waals surface area (Å²) in [5.41, 5.74) is 6.64. The molecular formula is C15H22N4O2. The van der Waals surface area contributed by atoms with Crippen molar-refractivity contribution in [1.82, 2.24) is 14.8 Å². The summed E-state index contributed by atoms with van der Waals surface area (Å²) in [6.07, 6.45) is 4.24. The van der Waals surface area contributed by atoms with Gasteiger partial charge in [0.05, 0.1) is 18.0 Å². The van der Waals surface area contributed by atoms with E-state index >= 15 is 0 Å². The first-order valence-corrected chi connectivity index (χ1v) is 7.57. The van der Waals surface area contributed by atoms with Gasteiger partial charge in [-0.05, 0) is 25.0 Å². The van der Waals surface area contributed by atoms with E-state index in [1.807, 2.05) is 4.90 Å². The van der Waals surface area contributed by atoms with E-state index in [9.17, 15) is 4.79 Å². The van der Waals surface area contributed by atoms with Crippen LogP contribution >= 0.6 is 0 Å². The zero-order chi connectivity index (χ0) is 14.7. The highest BCUT2D eigenvalue weighted by Crippen LogP contribution is 2.15. The minimum atomic E-state index is -0.00762. The van der Waals surface area contributed by atoms with Crippen LogP contribution < -0.4 is 5.73 Å². The SMILES string of the molecule is Nc1ccc(C(=O)N2CCN(CC3CCCO3)CC2)nc1. The Labute approximate surface area is 124 Å². The number of aromatic nitrogens is 1. The Morgan fingerprint density at radius 3 is 2.76 bits per heavy atom. The molecule has 1 atom stereocenters. The summed E-state index contributed by atoms with van der Waals surface area (Å²) < 4.78 is 5.67. The molecule has 6 heteroatoms. The van der Waals surface area contributed by atoms with E-state index in [1.165, 1.54) is 12.6 Å². The number of nitrogens with zero attached hydrogens (tertiary/aromatic N) is 3. The lowest BCUT2D eigenvalue weighted by atomic mass is 10.2. The van der Waals surface area contributed by atoms with Gasteiger partial charge in [-0.2, -0.15) is 0 Å².